The molecule has 4 rings (SSSR count). The number of imidazole rings is 1. The van der Waals surface area contributed by atoms with Crippen LogP contribution in [0.5, 0.6) is 0 Å². The highest BCUT2D eigenvalue weighted by Gasteiger charge is 2.18. The number of anilines is 3. The van der Waals surface area contributed by atoms with Crippen LogP contribution in [0.4, 0.5) is 17.5 Å². The number of nitrogens with one attached hydrogen (secondary N) is 2. The van der Waals surface area contributed by atoms with E-state index in [-0.39, 0.29) is 18.7 Å². The van der Waals surface area contributed by atoms with E-state index in [2.05, 4.69) is 34.4 Å². The SMILES string of the molecule is CC(C)n1cnc2c(Nc3cccc(Cl)c3)nc(N[C@@H](CO)c3ccccc3)nc21. The number of halogens is 1. The van der Waals surface area contributed by atoms with Gasteiger partial charge in [-0.05, 0) is 37.6 Å². The van der Waals surface area contributed by atoms with Crippen molar-refractivity contribution in [1.29, 1.82) is 0 Å². The van der Waals surface area contributed by atoms with Crippen molar-refractivity contribution in [3.05, 3.63) is 71.5 Å². The summed E-state index contributed by atoms with van der Waals surface area (Å²) < 4.78 is 1.99. The van der Waals surface area contributed by atoms with Gasteiger partial charge in [0.15, 0.2) is 17.0 Å². The summed E-state index contributed by atoms with van der Waals surface area (Å²) in [5.74, 6) is 0.964. The first-order valence-corrected chi connectivity index (χ1v) is 10.1. The summed E-state index contributed by atoms with van der Waals surface area (Å²) in [6, 6.07) is 17.0. The van der Waals surface area contributed by atoms with Crippen molar-refractivity contribution in [3.8, 4) is 0 Å². The van der Waals surface area contributed by atoms with Gasteiger partial charge >= 0.3 is 0 Å². The van der Waals surface area contributed by atoms with Gasteiger partial charge in [0.25, 0.3) is 0 Å². The molecule has 154 valence electrons. The summed E-state index contributed by atoms with van der Waals surface area (Å²) in [5.41, 5.74) is 3.12. The average molecular weight is 423 g/mol. The Bertz CT molecular complexity index is 1150. The third-order valence-corrected chi connectivity index (χ3v) is 4.99. The number of hydrogen-bond acceptors (Lipinski definition) is 6. The van der Waals surface area contributed by atoms with E-state index in [1.54, 1.807) is 6.33 Å². The van der Waals surface area contributed by atoms with Gasteiger partial charge in [-0.1, -0.05) is 48.0 Å². The van der Waals surface area contributed by atoms with Gasteiger partial charge in [-0.3, -0.25) is 0 Å². The fourth-order valence-electron chi connectivity index (χ4n) is 3.22. The Hall–Kier alpha value is -3.16. The van der Waals surface area contributed by atoms with Gasteiger partial charge in [0, 0.05) is 16.8 Å². The van der Waals surface area contributed by atoms with Gasteiger partial charge in [-0.2, -0.15) is 9.97 Å². The Morgan fingerprint density at radius 2 is 1.87 bits per heavy atom. The molecule has 0 fully saturated rings. The van der Waals surface area contributed by atoms with Crippen LogP contribution in [0.2, 0.25) is 5.02 Å². The predicted octanol–water partition coefficient (Wildman–Crippen LogP) is 4.95. The van der Waals surface area contributed by atoms with Gasteiger partial charge in [0.2, 0.25) is 5.95 Å². The Labute approximate surface area is 179 Å². The number of benzene rings is 2. The monoisotopic (exact) mass is 422 g/mol. The van der Waals surface area contributed by atoms with E-state index >= 15 is 0 Å². The Morgan fingerprint density at radius 3 is 2.57 bits per heavy atom. The zero-order valence-corrected chi connectivity index (χ0v) is 17.5. The maximum absolute atomic E-state index is 9.93. The molecule has 0 saturated carbocycles. The zero-order valence-electron chi connectivity index (χ0n) is 16.7. The quantitative estimate of drug-likeness (QED) is 0.390. The first kappa shape index (κ1) is 20.1. The summed E-state index contributed by atoms with van der Waals surface area (Å²) in [6.07, 6.45) is 1.76. The molecule has 3 N–H and O–H groups in total. The van der Waals surface area contributed by atoms with E-state index in [1.807, 2.05) is 59.2 Å². The van der Waals surface area contributed by atoms with Gasteiger partial charge < -0.3 is 20.3 Å². The van der Waals surface area contributed by atoms with Gasteiger partial charge in [-0.15, -0.1) is 0 Å². The maximum atomic E-state index is 9.93. The molecule has 30 heavy (non-hydrogen) atoms. The number of aliphatic hydroxyl groups is 1. The van der Waals surface area contributed by atoms with E-state index in [1.165, 1.54) is 0 Å². The Balaban J connectivity index is 1.76. The molecule has 0 unspecified atom stereocenters. The second kappa shape index (κ2) is 8.69. The summed E-state index contributed by atoms with van der Waals surface area (Å²) in [6.45, 7) is 4.05. The van der Waals surface area contributed by atoms with Crippen LogP contribution in [0.3, 0.4) is 0 Å². The standard InChI is InChI=1S/C22H23ClN6O/c1-14(2)29-13-24-19-20(25-17-10-6-9-16(23)11-17)27-22(28-21(19)29)26-18(12-30)15-7-4-3-5-8-15/h3-11,13-14,18,30H,12H2,1-2H3,(H2,25,26,27,28)/t18-/m0/s1. The molecule has 4 aromatic rings. The third-order valence-electron chi connectivity index (χ3n) is 4.75. The lowest BCUT2D eigenvalue weighted by Crippen LogP contribution is -2.17. The van der Waals surface area contributed by atoms with Crippen molar-refractivity contribution in [2.24, 2.45) is 0 Å². The molecule has 0 aliphatic rings. The summed E-state index contributed by atoms with van der Waals surface area (Å²) in [4.78, 5) is 13.9. The lowest BCUT2D eigenvalue weighted by Gasteiger charge is -2.18. The van der Waals surface area contributed by atoms with Crippen molar-refractivity contribution in [3.63, 3.8) is 0 Å². The largest absolute Gasteiger partial charge is 0.394 e. The first-order valence-electron chi connectivity index (χ1n) is 9.74. The van der Waals surface area contributed by atoms with Crippen LogP contribution in [0.25, 0.3) is 11.2 Å². The van der Waals surface area contributed by atoms with Crippen molar-refractivity contribution >= 4 is 40.2 Å². The average Bonchev–Trinajstić information content (AvgIpc) is 3.17. The molecular weight excluding hydrogens is 400 g/mol. The van der Waals surface area contributed by atoms with Crippen LogP contribution < -0.4 is 10.6 Å². The number of rotatable bonds is 7. The fraction of sp³-hybridized carbons (Fsp3) is 0.227. The number of aliphatic hydroxyl groups excluding tert-OH is 1. The molecule has 0 amide bonds. The minimum Gasteiger partial charge on any atom is -0.394 e. The van der Waals surface area contributed by atoms with Crippen LogP contribution in [-0.2, 0) is 0 Å². The summed E-state index contributed by atoms with van der Waals surface area (Å²) in [5, 5.41) is 17.1. The lowest BCUT2D eigenvalue weighted by atomic mass is 10.1. The van der Waals surface area contributed by atoms with E-state index < -0.39 is 0 Å². The molecular formula is C22H23ClN6O. The van der Waals surface area contributed by atoms with Crippen LogP contribution in [0, 0.1) is 0 Å². The molecule has 2 aromatic heterocycles. The Kier molecular flexibility index (Phi) is 5.83. The molecule has 0 aliphatic heterocycles. The van der Waals surface area contributed by atoms with Crippen molar-refractivity contribution < 1.29 is 5.11 Å². The number of nitrogens with zero attached hydrogens (tertiary/aromatic N) is 4. The van der Waals surface area contributed by atoms with E-state index in [0.29, 0.717) is 28.0 Å². The topological polar surface area (TPSA) is 87.9 Å². The molecule has 8 heteroatoms. The second-order valence-corrected chi connectivity index (χ2v) is 7.68. The molecule has 0 spiro atoms. The van der Waals surface area contributed by atoms with E-state index in [9.17, 15) is 5.11 Å². The zero-order chi connectivity index (χ0) is 21.1. The Morgan fingerprint density at radius 1 is 1.07 bits per heavy atom. The summed E-state index contributed by atoms with van der Waals surface area (Å²) >= 11 is 6.13. The van der Waals surface area contributed by atoms with Gasteiger partial charge in [0.05, 0.1) is 19.0 Å². The summed E-state index contributed by atoms with van der Waals surface area (Å²) in [7, 11) is 0. The van der Waals surface area contributed by atoms with Gasteiger partial charge in [0.1, 0.15) is 0 Å². The van der Waals surface area contributed by atoms with Crippen molar-refractivity contribution in [2.45, 2.75) is 25.9 Å². The maximum Gasteiger partial charge on any atom is 0.227 e. The highest BCUT2D eigenvalue weighted by atomic mass is 35.5. The van der Waals surface area contributed by atoms with Gasteiger partial charge in [-0.25, -0.2) is 4.98 Å². The second-order valence-electron chi connectivity index (χ2n) is 7.24. The van der Waals surface area contributed by atoms with Crippen molar-refractivity contribution in [1.82, 2.24) is 19.5 Å². The third kappa shape index (κ3) is 4.22. The highest BCUT2D eigenvalue weighted by Crippen LogP contribution is 2.28. The predicted molar refractivity (Wildman–Crippen MR) is 120 cm³/mol. The van der Waals surface area contributed by atoms with E-state index in [4.69, 9.17) is 16.6 Å². The number of hydrogen-bond donors (Lipinski definition) is 3. The minimum absolute atomic E-state index is 0.0914. The first-order chi connectivity index (χ1) is 14.5. The number of aromatic nitrogens is 4. The lowest BCUT2D eigenvalue weighted by molar-refractivity contribution is 0.276. The molecule has 1 atom stereocenters. The van der Waals surface area contributed by atoms with Crippen LogP contribution in [-0.4, -0.2) is 31.2 Å². The van der Waals surface area contributed by atoms with Crippen molar-refractivity contribution in [2.75, 3.05) is 17.2 Å². The normalized spacial score (nSPS) is 12.3. The molecule has 0 aliphatic carbocycles. The smallest absolute Gasteiger partial charge is 0.227 e. The molecule has 0 radical (unpaired) electrons. The molecule has 2 heterocycles. The fourth-order valence-corrected chi connectivity index (χ4v) is 3.41. The molecule has 0 bridgehead atoms. The van der Waals surface area contributed by atoms with Crippen LogP contribution in [0.15, 0.2) is 60.9 Å². The number of fused-ring (bicyclic) bond motifs is 1. The highest BCUT2D eigenvalue weighted by molar-refractivity contribution is 6.30. The minimum atomic E-state index is -0.335. The van der Waals surface area contributed by atoms with Crippen LogP contribution in [0.1, 0.15) is 31.5 Å². The molecule has 0 saturated heterocycles. The molecule has 2 aromatic carbocycles. The molecule has 7 nitrogen and oxygen atoms in total. The van der Waals surface area contributed by atoms with E-state index in [0.717, 1.165) is 11.3 Å². The van der Waals surface area contributed by atoms with Crippen LogP contribution >= 0.6 is 11.6 Å².